The summed E-state index contributed by atoms with van der Waals surface area (Å²) in [6.07, 6.45) is 2.12. The summed E-state index contributed by atoms with van der Waals surface area (Å²) >= 11 is 6.08. The third-order valence-electron chi connectivity index (χ3n) is 4.89. The average molecular weight is 399 g/mol. The van der Waals surface area contributed by atoms with Gasteiger partial charge in [-0.15, -0.1) is 0 Å². The van der Waals surface area contributed by atoms with Gasteiger partial charge in [0, 0.05) is 35.7 Å². The average Bonchev–Trinajstić information content (AvgIpc) is 3.08. The van der Waals surface area contributed by atoms with E-state index in [0.29, 0.717) is 34.9 Å². The molecule has 5 nitrogen and oxygen atoms in total. The molecular formula is C22H23ClN2O3. The highest BCUT2D eigenvalue weighted by atomic mass is 35.5. The number of hydrogen-bond acceptors (Lipinski definition) is 3. The van der Waals surface area contributed by atoms with Gasteiger partial charge in [0.05, 0.1) is 11.6 Å². The highest BCUT2D eigenvalue weighted by Crippen LogP contribution is 2.26. The minimum atomic E-state index is -0.417. The highest BCUT2D eigenvalue weighted by molar-refractivity contribution is 6.31. The van der Waals surface area contributed by atoms with Crippen molar-refractivity contribution in [2.75, 3.05) is 18.4 Å². The second kappa shape index (κ2) is 9.02. The van der Waals surface area contributed by atoms with Gasteiger partial charge in [0.15, 0.2) is 5.78 Å². The van der Waals surface area contributed by atoms with E-state index in [1.54, 1.807) is 47.4 Å². The zero-order valence-electron chi connectivity index (χ0n) is 15.8. The lowest BCUT2D eigenvalue weighted by molar-refractivity contribution is -0.128. The molecule has 0 saturated carbocycles. The highest BCUT2D eigenvalue weighted by Gasteiger charge is 2.34. The van der Waals surface area contributed by atoms with Gasteiger partial charge < -0.3 is 10.2 Å². The number of benzene rings is 2. The van der Waals surface area contributed by atoms with Crippen LogP contribution in [0, 0.1) is 5.92 Å². The van der Waals surface area contributed by atoms with Crippen LogP contribution in [0.1, 0.15) is 42.1 Å². The second-order valence-electron chi connectivity index (χ2n) is 6.97. The topological polar surface area (TPSA) is 66.5 Å². The van der Waals surface area contributed by atoms with Gasteiger partial charge in [-0.3, -0.25) is 14.4 Å². The third kappa shape index (κ3) is 4.60. The summed E-state index contributed by atoms with van der Waals surface area (Å²) in [5, 5.41) is 3.25. The standard InChI is InChI=1S/C22H23ClN2O3/c1-2-3-11-25-14-16(12-20(25)26)22(28)24-19-10-9-17(23)13-18(19)21(27)15-7-5-4-6-8-15/h4-10,13,16H,2-3,11-12,14H2,1H3,(H,24,28). The van der Waals surface area contributed by atoms with Gasteiger partial charge in [-0.05, 0) is 24.6 Å². The fourth-order valence-corrected chi connectivity index (χ4v) is 3.48. The Balaban J connectivity index is 1.77. The number of ketones is 1. The Morgan fingerprint density at radius 1 is 1.18 bits per heavy atom. The minimum absolute atomic E-state index is 0.00490. The number of nitrogens with zero attached hydrogens (tertiary/aromatic N) is 1. The van der Waals surface area contributed by atoms with Crippen molar-refractivity contribution >= 4 is 34.9 Å². The van der Waals surface area contributed by atoms with E-state index in [-0.39, 0.29) is 24.0 Å². The fraction of sp³-hybridized carbons (Fsp3) is 0.318. The van der Waals surface area contributed by atoms with Gasteiger partial charge in [0.1, 0.15) is 0 Å². The summed E-state index contributed by atoms with van der Waals surface area (Å²) in [5.41, 5.74) is 1.25. The Kier molecular flexibility index (Phi) is 6.47. The maximum Gasteiger partial charge on any atom is 0.229 e. The van der Waals surface area contributed by atoms with Gasteiger partial charge in [0.2, 0.25) is 11.8 Å². The first kappa shape index (κ1) is 20.1. The van der Waals surface area contributed by atoms with Crippen molar-refractivity contribution in [1.82, 2.24) is 4.90 Å². The van der Waals surface area contributed by atoms with Crippen molar-refractivity contribution in [3.05, 3.63) is 64.7 Å². The Hall–Kier alpha value is -2.66. The Morgan fingerprint density at radius 3 is 2.64 bits per heavy atom. The summed E-state index contributed by atoms with van der Waals surface area (Å²) in [5.74, 6) is -0.882. The van der Waals surface area contributed by atoms with Gasteiger partial charge in [-0.25, -0.2) is 0 Å². The van der Waals surface area contributed by atoms with Crippen molar-refractivity contribution in [3.63, 3.8) is 0 Å². The predicted molar refractivity (Wildman–Crippen MR) is 110 cm³/mol. The Labute approximate surface area is 169 Å². The summed E-state index contributed by atoms with van der Waals surface area (Å²) in [7, 11) is 0. The van der Waals surface area contributed by atoms with Crippen LogP contribution in [-0.2, 0) is 9.59 Å². The van der Waals surface area contributed by atoms with E-state index in [1.807, 2.05) is 6.07 Å². The zero-order valence-corrected chi connectivity index (χ0v) is 16.5. The van der Waals surface area contributed by atoms with Crippen LogP contribution in [0.3, 0.4) is 0 Å². The number of hydrogen-bond donors (Lipinski definition) is 1. The number of unbranched alkanes of at least 4 members (excludes halogenated alkanes) is 1. The van der Waals surface area contributed by atoms with E-state index < -0.39 is 5.92 Å². The summed E-state index contributed by atoms with van der Waals surface area (Å²) in [4.78, 5) is 39.5. The third-order valence-corrected chi connectivity index (χ3v) is 5.12. The van der Waals surface area contributed by atoms with E-state index in [2.05, 4.69) is 12.2 Å². The number of halogens is 1. The van der Waals surface area contributed by atoms with Gasteiger partial charge >= 0.3 is 0 Å². The lowest BCUT2D eigenvalue weighted by Crippen LogP contribution is -2.29. The summed E-state index contributed by atoms with van der Waals surface area (Å²) in [6.45, 7) is 3.16. The molecule has 1 N–H and O–H groups in total. The normalized spacial score (nSPS) is 16.3. The molecule has 1 saturated heterocycles. The first-order chi connectivity index (χ1) is 13.5. The molecule has 1 fully saturated rings. The van der Waals surface area contributed by atoms with E-state index in [0.717, 1.165) is 12.8 Å². The number of anilines is 1. The van der Waals surface area contributed by atoms with E-state index in [1.165, 1.54) is 0 Å². The van der Waals surface area contributed by atoms with Crippen LogP contribution in [-0.4, -0.2) is 35.6 Å². The van der Waals surface area contributed by atoms with Gasteiger partial charge in [-0.1, -0.05) is 55.3 Å². The van der Waals surface area contributed by atoms with Crippen LogP contribution in [0.2, 0.25) is 5.02 Å². The molecule has 2 aromatic carbocycles. The zero-order chi connectivity index (χ0) is 20.1. The van der Waals surface area contributed by atoms with Gasteiger partial charge in [-0.2, -0.15) is 0 Å². The number of nitrogens with one attached hydrogen (secondary N) is 1. The Morgan fingerprint density at radius 2 is 1.93 bits per heavy atom. The largest absolute Gasteiger partial charge is 0.342 e. The molecular weight excluding hydrogens is 376 g/mol. The van der Waals surface area contributed by atoms with Crippen molar-refractivity contribution in [1.29, 1.82) is 0 Å². The molecule has 1 heterocycles. The molecule has 1 unspecified atom stereocenters. The first-order valence-corrected chi connectivity index (χ1v) is 9.85. The summed E-state index contributed by atoms with van der Waals surface area (Å²) < 4.78 is 0. The van der Waals surface area contributed by atoms with Crippen LogP contribution in [0.25, 0.3) is 0 Å². The molecule has 1 aliphatic rings. The molecule has 2 aromatic rings. The van der Waals surface area contributed by atoms with Crippen LogP contribution in [0.5, 0.6) is 0 Å². The van der Waals surface area contributed by atoms with E-state index in [4.69, 9.17) is 11.6 Å². The minimum Gasteiger partial charge on any atom is -0.342 e. The number of carbonyl (C=O) groups is 3. The quantitative estimate of drug-likeness (QED) is 0.712. The van der Waals surface area contributed by atoms with E-state index in [9.17, 15) is 14.4 Å². The molecule has 146 valence electrons. The van der Waals surface area contributed by atoms with E-state index >= 15 is 0 Å². The number of rotatable bonds is 7. The molecule has 1 aliphatic heterocycles. The van der Waals surface area contributed by atoms with Crippen LogP contribution in [0.15, 0.2) is 48.5 Å². The SMILES string of the molecule is CCCCN1CC(C(=O)Nc2ccc(Cl)cc2C(=O)c2ccccc2)CC1=O. The maximum atomic E-state index is 12.9. The molecule has 0 aliphatic carbocycles. The van der Waals surface area contributed by atoms with Crippen molar-refractivity contribution in [2.24, 2.45) is 5.92 Å². The van der Waals surface area contributed by atoms with Crippen molar-refractivity contribution < 1.29 is 14.4 Å². The Bertz CT molecular complexity index is 883. The number of likely N-dealkylation sites (tertiary alicyclic amines) is 1. The van der Waals surface area contributed by atoms with Crippen LogP contribution < -0.4 is 5.32 Å². The fourth-order valence-electron chi connectivity index (χ4n) is 3.31. The molecule has 0 spiro atoms. The number of amides is 2. The van der Waals surface area contributed by atoms with Crippen molar-refractivity contribution in [3.8, 4) is 0 Å². The summed E-state index contributed by atoms with van der Waals surface area (Å²) in [6, 6.07) is 13.6. The second-order valence-corrected chi connectivity index (χ2v) is 7.41. The lowest BCUT2D eigenvalue weighted by atomic mass is 10.0. The molecule has 2 amide bonds. The van der Waals surface area contributed by atoms with Gasteiger partial charge in [0.25, 0.3) is 0 Å². The molecule has 1 atom stereocenters. The predicted octanol–water partition coefficient (Wildman–Crippen LogP) is 4.16. The lowest BCUT2D eigenvalue weighted by Gasteiger charge is -2.16. The van der Waals surface area contributed by atoms with Crippen LogP contribution >= 0.6 is 11.6 Å². The first-order valence-electron chi connectivity index (χ1n) is 9.47. The smallest absolute Gasteiger partial charge is 0.229 e. The number of carbonyl (C=O) groups excluding carboxylic acids is 3. The molecule has 0 radical (unpaired) electrons. The molecule has 28 heavy (non-hydrogen) atoms. The van der Waals surface area contributed by atoms with Crippen molar-refractivity contribution in [2.45, 2.75) is 26.2 Å². The molecule has 3 rings (SSSR count). The maximum absolute atomic E-state index is 12.9. The van der Waals surface area contributed by atoms with Crippen LogP contribution in [0.4, 0.5) is 5.69 Å². The monoisotopic (exact) mass is 398 g/mol. The molecule has 0 aromatic heterocycles. The molecule has 0 bridgehead atoms. The molecule has 6 heteroatoms.